The van der Waals surface area contributed by atoms with Crippen LogP contribution in [0.1, 0.15) is 23.8 Å². The fourth-order valence-electron chi connectivity index (χ4n) is 2.54. The normalized spacial score (nSPS) is 18.5. The molecule has 0 aliphatic heterocycles. The van der Waals surface area contributed by atoms with E-state index in [2.05, 4.69) is 17.2 Å². The van der Waals surface area contributed by atoms with Crippen LogP contribution in [0.4, 0.5) is 0 Å². The smallest absolute Gasteiger partial charge is 0.279 e. The zero-order chi connectivity index (χ0) is 13.6. The molecule has 7 heteroatoms. The molecule has 0 aromatic carbocycles. The van der Waals surface area contributed by atoms with Crippen molar-refractivity contribution in [2.24, 2.45) is 11.7 Å². The van der Waals surface area contributed by atoms with Crippen molar-refractivity contribution < 1.29 is 4.79 Å². The highest BCUT2D eigenvalue weighted by Crippen LogP contribution is 2.35. The van der Waals surface area contributed by atoms with E-state index >= 15 is 0 Å². The van der Waals surface area contributed by atoms with E-state index in [0.717, 1.165) is 29.5 Å². The van der Waals surface area contributed by atoms with Crippen LogP contribution in [-0.4, -0.2) is 20.9 Å². The summed E-state index contributed by atoms with van der Waals surface area (Å²) < 4.78 is 1.05. The van der Waals surface area contributed by atoms with Crippen LogP contribution < -0.4 is 11.3 Å². The van der Waals surface area contributed by atoms with Crippen LogP contribution in [0, 0.1) is 5.92 Å². The molecule has 0 bridgehead atoms. The fraction of sp³-hybridized carbons (Fsp3) is 0.500. The van der Waals surface area contributed by atoms with Crippen molar-refractivity contribution in [1.82, 2.24) is 15.0 Å². The van der Waals surface area contributed by atoms with Gasteiger partial charge in [0, 0.05) is 4.88 Å². The summed E-state index contributed by atoms with van der Waals surface area (Å²) in [6.45, 7) is 1.99. The first-order valence-corrected chi connectivity index (χ1v) is 7.04. The summed E-state index contributed by atoms with van der Waals surface area (Å²) in [6, 6.07) is 0. The van der Waals surface area contributed by atoms with E-state index in [1.54, 1.807) is 11.3 Å². The Hall–Kier alpha value is -1.76. The van der Waals surface area contributed by atoms with Crippen LogP contribution in [0.15, 0.2) is 4.79 Å². The molecule has 1 atom stereocenters. The molecule has 100 valence electrons. The van der Waals surface area contributed by atoms with Gasteiger partial charge in [0.05, 0.1) is 5.39 Å². The number of hydrogen-bond donors (Lipinski definition) is 1. The van der Waals surface area contributed by atoms with Gasteiger partial charge >= 0.3 is 0 Å². The quantitative estimate of drug-likeness (QED) is 0.864. The third kappa shape index (κ3) is 2.03. The number of carbonyl (C=O) groups excluding carboxylic acids is 1. The first kappa shape index (κ1) is 12.3. The fourth-order valence-corrected chi connectivity index (χ4v) is 3.86. The van der Waals surface area contributed by atoms with Gasteiger partial charge < -0.3 is 5.73 Å². The van der Waals surface area contributed by atoms with Crippen molar-refractivity contribution in [2.75, 3.05) is 0 Å². The molecule has 19 heavy (non-hydrogen) atoms. The third-order valence-corrected chi connectivity index (χ3v) is 4.63. The molecule has 1 amide bonds. The molecule has 2 aromatic heterocycles. The second kappa shape index (κ2) is 4.41. The second-order valence-corrected chi connectivity index (χ2v) is 6.13. The molecule has 1 aliphatic carbocycles. The van der Waals surface area contributed by atoms with Gasteiger partial charge in [0.1, 0.15) is 6.54 Å². The zero-order valence-corrected chi connectivity index (χ0v) is 11.4. The predicted octanol–water partition coefficient (Wildman–Crippen LogP) is 0.463. The number of primary amides is 1. The summed E-state index contributed by atoms with van der Waals surface area (Å²) in [4.78, 5) is 25.2. The van der Waals surface area contributed by atoms with Crippen molar-refractivity contribution in [2.45, 2.75) is 32.7 Å². The Morgan fingerprint density at radius 3 is 3.11 bits per heavy atom. The van der Waals surface area contributed by atoms with Gasteiger partial charge in [0.15, 0.2) is 4.83 Å². The first-order valence-electron chi connectivity index (χ1n) is 6.22. The highest BCUT2D eigenvalue weighted by atomic mass is 32.1. The van der Waals surface area contributed by atoms with Crippen LogP contribution in [0.3, 0.4) is 0 Å². The van der Waals surface area contributed by atoms with Gasteiger partial charge in [-0.05, 0) is 30.7 Å². The number of rotatable bonds is 2. The Bertz CT molecular complexity index is 718. The van der Waals surface area contributed by atoms with Crippen LogP contribution in [0.5, 0.6) is 0 Å². The van der Waals surface area contributed by atoms with Gasteiger partial charge in [-0.3, -0.25) is 9.59 Å². The molecule has 1 aliphatic rings. The van der Waals surface area contributed by atoms with Gasteiger partial charge in [-0.25, -0.2) is 4.68 Å². The topological polar surface area (TPSA) is 90.9 Å². The maximum Gasteiger partial charge on any atom is 0.279 e. The van der Waals surface area contributed by atoms with E-state index in [0.29, 0.717) is 16.1 Å². The average molecular weight is 278 g/mol. The van der Waals surface area contributed by atoms with Gasteiger partial charge in [-0.1, -0.05) is 12.1 Å². The molecule has 0 saturated carbocycles. The molecule has 6 nitrogen and oxygen atoms in total. The number of fused-ring (bicyclic) bond motifs is 3. The van der Waals surface area contributed by atoms with Gasteiger partial charge in [-0.15, -0.1) is 16.4 Å². The summed E-state index contributed by atoms with van der Waals surface area (Å²) in [6.07, 6.45) is 2.97. The van der Waals surface area contributed by atoms with Crippen LogP contribution in [0.2, 0.25) is 0 Å². The number of aromatic nitrogens is 3. The summed E-state index contributed by atoms with van der Waals surface area (Å²) in [5, 5.41) is 8.45. The number of nitrogens with zero attached hydrogens (tertiary/aromatic N) is 3. The van der Waals surface area contributed by atoms with E-state index in [4.69, 9.17) is 5.73 Å². The van der Waals surface area contributed by atoms with E-state index < -0.39 is 5.91 Å². The Kier molecular flexibility index (Phi) is 2.85. The minimum Gasteiger partial charge on any atom is -0.368 e. The highest BCUT2D eigenvalue weighted by molar-refractivity contribution is 7.18. The Morgan fingerprint density at radius 1 is 1.58 bits per heavy atom. The molecule has 2 heterocycles. The highest BCUT2D eigenvalue weighted by Gasteiger charge is 2.23. The Morgan fingerprint density at radius 2 is 2.37 bits per heavy atom. The lowest BCUT2D eigenvalue weighted by Gasteiger charge is -2.17. The first-order chi connectivity index (χ1) is 9.06. The number of thiophene rings is 1. The van der Waals surface area contributed by atoms with Crippen molar-refractivity contribution in [3.63, 3.8) is 0 Å². The Balaban J connectivity index is 2.20. The largest absolute Gasteiger partial charge is 0.368 e. The number of nitrogens with two attached hydrogens (primary N) is 1. The molecule has 0 saturated heterocycles. The maximum absolute atomic E-state index is 12.3. The van der Waals surface area contributed by atoms with E-state index in [-0.39, 0.29) is 12.1 Å². The standard InChI is InChI=1S/C12H14N4O2S/c1-6-2-3-7-8(4-6)19-11-10(7)12(18)16(15-14-11)5-9(13)17/h6H,2-5H2,1H3,(H2,13,17). The number of carbonyl (C=O) groups is 1. The van der Waals surface area contributed by atoms with Gasteiger partial charge in [0.25, 0.3) is 5.56 Å². The number of hydrogen-bond acceptors (Lipinski definition) is 5. The Labute approximate surface area is 113 Å². The molecule has 0 fully saturated rings. The van der Waals surface area contributed by atoms with Crippen LogP contribution >= 0.6 is 11.3 Å². The van der Waals surface area contributed by atoms with Crippen LogP contribution in [0.25, 0.3) is 10.2 Å². The van der Waals surface area contributed by atoms with Crippen molar-refractivity contribution in [1.29, 1.82) is 0 Å². The minimum absolute atomic E-state index is 0.219. The second-order valence-electron chi connectivity index (χ2n) is 5.05. The minimum atomic E-state index is -0.589. The summed E-state index contributed by atoms with van der Waals surface area (Å²) >= 11 is 1.54. The predicted molar refractivity (Wildman–Crippen MR) is 72.1 cm³/mol. The van der Waals surface area contributed by atoms with Crippen molar-refractivity contribution in [3.05, 3.63) is 20.8 Å². The lowest BCUT2D eigenvalue weighted by atomic mass is 9.89. The molecule has 2 aromatic rings. The van der Waals surface area contributed by atoms with Crippen molar-refractivity contribution in [3.8, 4) is 0 Å². The van der Waals surface area contributed by atoms with E-state index in [1.165, 1.54) is 4.88 Å². The summed E-state index contributed by atoms with van der Waals surface area (Å²) in [5.41, 5.74) is 5.94. The molecule has 0 radical (unpaired) electrons. The summed E-state index contributed by atoms with van der Waals surface area (Å²) in [7, 11) is 0. The monoisotopic (exact) mass is 278 g/mol. The van der Waals surface area contributed by atoms with E-state index in [9.17, 15) is 9.59 Å². The molecular formula is C12H14N4O2S. The van der Waals surface area contributed by atoms with Gasteiger partial charge in [0.2, 0.25) is 5.91 Å². The lowest BCUT2D eigenvalue weighted by molar-refractivity contribution is -0.118. The molecule has 0 spiro atoms. The summed E-state index contributed by atoms with van der Waals surface area (Å²) in [5.74, 6) is 0.0508. The maximum atomic E-state index is 12.3. The SMILES string of the molecule is CC1CCc2c(sc3nnn(CC(N)=O)c(=O)c23)C1. The van der Waals surface area contributed by atoms with Gasteiger partial charge in [-0.2, -0.15) is 0 Å². The molecular weight excluding hydrogens is 264 g/mol. The van der Waals surface area contributed by atoms with Crippen LogP contribution in [-0.2, 0) is 24.2 Å². The zero-order valence-electron chi connectivity index (χ0n) is 10.5. The lowest BCUT2D eigenvalue weighted by Crippen LogP contribution is -2.31. The average Bonchev–Trinajstić information content (AvgIpc) is 2.70. The van der Waals surface area contributed by atoms with E-state index in [1.807, 2.05) is 0 Å². The molecule has 3 rings (SSSR count). The molecule has 1 unspecified atom stereocenters. The number of aryl methyl sites for hydroxylation is 1. The molecule has 2 N–H and O–H groups in total. The third-order valence-electron chi connectivity index (χ3n) is 3.49. The van der Waals surface area contributed by atoms with Crippen molar-refractivity contribution >= 4 is 27.5 Å². The number of amides is 1.